The van der Waals surface area contributed by atoms with Crippen molar-refractivity contribution < 1.29 is 19.4 Å². The van der Waals surface area contributed by atoms with Crippen molar-refractivity contribution >= 4 is 11.9 Å². The van der Waals surface area contributed by atoms with Crippen molar-refractivity contribution in [3.8, 4) is 11.4 Å². The molecule has 3 rings (SSSR count). The lowest BCUT2D eigenvalue weighted by Crippen LogP contribution is -2.34. The van der Waals surface area contributed by atoms with E-state index in [-0.39, 0.29) is 18.1 Å². The molecule has 2 aromatic rings. The molecule has 1 heterocycles. The normalized spacial score (nSPS) is 15.0. The number of aromatic nitrogens is 2. The first-order valence-corrected chi connectivity index (χ1v) is 7.26. The van der Waals surface area contributed by atoms with Crippen LogP contribution >= 0.6 is 0 Å². The second-order valence-electron chi connectivity index (χ2n) is 5.61. The topological polar surface area (TPSA) is 93.5 Å². The molecule has 1 aliphatic carbocycles. The fraction of sp³-hybridized carbons (Fsp3) is 0.312. The number of carbonyl (C=O) groups excluding carboxylic acids is 1. The number of carbonyl (C=O) groups is 2. The number of carboxylic acid groups (broad SMARTS) is 1. The molecule has 1 aliphatic rings. The maximum Gasteiger partial charge on any atom is 0.311 e. The quantitative estimate of drug-likeness (QED) is 0.842. The van der Waals surface area contributed by atoms with Crippen LogP contribution in [0.4, 0.5) is 0 Å². The van der Waals surface area contributed by atoms with Gasteiger partial charge >= 0.3 is 5.97 Å². The predicted molar refractivity (Wildman–Crippen MR) is 81.8 cm³/mol. The van der Waals surface area contributed by atoms with Crippen LogP contribution in [0.2, 0.25) is 0 Å². The summed E-state index contributed by atoms with van der Waals surface area (Å²) < 4.78 is 6.68. The van der Waals surface area contributed by atoms with Gasteiger partial charge in [-0.15, -0.1) is 0 Å². The van der Waals surface area contributed by atoms with Crippen molar-refractivity contribution in [1.82, 2.24) is 15.1 Å². The molecular formula is C16H17N3O4. The lowest BCUT2D eigenvalue weighted by Gasteiger charge is -2.09. The van der Waals surface area contributed by atoms with E-state index in [1.165, 1.54) is 0 Å². The fourth-order valence-electron chi connectivity index (χ4n) is 2.28. The van der Waals surface area contributed by atoms with Gasteiger partial charge in [0.1, 0.15) is 5.75 Å². The van der Waals surface area contributed by atoms with Gasteiger partial charge in [0.15, 0.2) is 5.69 Å². The van der Waals surface area contributed by atoms with E-state index in [0.29, 0.717) is 12.8 Å². The SMILES string of the molecule is COc1ccc(-n2ccc(C(=O)NCC3(C(=O)O)CC3)n2)cc1. The number of nitrogens with one attached hydrogen (secondary N) is 1. The molecule has 0 atom stereocenters. The molecule has 23 heavy (non-hydrogen) atoms. The number of hydrogen-bond acceptors (Lipinski definition) is 4. The molecule has 1 aromatic carbocycles. The summed E-state index contributed by atoms with van der Waals surface area (Å²) in [4.78, 5) is 23.2. The number of ether oxygens (including phenoxy) is 1. The molecule has 0 unspecified atom stereocenters. The van der Waals surface area contributed by atoms with Crippen molar-refractivity contribution in [2.45, 2.75) is 12.8 Å². The monoisotopic (exact) mass is 315 g/mol. The first kappa shape index (κ1) is 15.1. The van der Waals surface area contributed by atoms with Gasteiger partial charge in [0.25, 0.3) is 5.91 Å². The number of amides is 1. The minimum atomic E-state index is -0.860. The Morgan fingerprint density at radius 2 is 2.00 bits per heavy atom. The molecular weight excluding hydrogens is 298 g/mol. The second-order valence-corrected chi connectivity index (χ2v) is 5.61. The lowest BCUT2D eigenvalue weighted by molar-refractivity contribution is -0.143. The maximum atomic E-state index is 12.1. The summed E-state index contributed by atoms with van der Waals surface area (Å²) in [5.41, 5.74) is 0.268. The minimum Gasteiger partial charge on any atom is -0.497 e. The van der Waals surface area contributed by atoms with Crippen molar-refractivity contribution in [3.63, 3.8) is 0 Å². The molecule has 7 nitrogen and oxygen atoms in total. The van der Waals surface area contributed by atoms with Crippen molar-refractivity contribution in [2.75, 3.05) is 13.7 Å². The highest BCUT2D eigenvalue weighted by molar-refractivity contribution is 5.92. The standard InChI is InChI=1S/C16H17N3O4/c1-23-12-4-2-11(3-5-12)19-9-6-13(18-19)14(20)17-10-16(7-8-16)15(21)22/h2-6,9H,7-8,10H2,1H3,(H,17,20)(H,21,22). The molecule has 0 saturated heterocycles. The molecule has 1 fully saturated rings. The first-order chi connectivity index (χ1) is 11.0. The Hall–Kier alpha value is -2.83. The van der Waals surface area contributed by atoms with Crippen LogP contribution in [-0.4, -0.2) is 40.4 Å². The van der Waals surface area contributed by atoms with E-state index >= 15 is 0 Å². The number of aliphatic carboxylic acids is 1. The van der Waals surface area contributed by atoms with E-state index in [2.05, 4.69) is 10.4 Å². The molecule has 1 amide bonds. The lowest BCUT2D eigenvalue weighted by atomic mass is 10.1. The Balaban J connectivity index is 1.66. The van der Waals surface area contributed by atoms with Crippen molar-refractivity contribution in [1.29, 1.82) is 0 Å². The van der Waals surface area contributed by atoms with E-state index in [0.717, 1.165) is 11.4 Å². The van der Waals surface area contributed by atoms with Crippen molar-refractivity contribution in [2.24, 2.45) is 5.41 Å². The zero-order chi connectivity index (χ0) is 16.4. The summed E-state index contributed by atoms with van der Waals surface area (Å²) in [7, 11) is 1.59. The van der Waals surface area contributed by atoms with Gasteiger partial charge in [-0.2, -0.15) is 5.10 Å². The van der Waals surface area contributed by atoms with Gasteiger partial charge in [-0.25, -0.2) is 4.68 Å². The van der Waals surface area contributed by atoms with Crippen LogP contribution in [0.15, 0.2) is 36.5 Å². The largest absolute Gasteiger partial charge is 0.497 e. The molecule has 120 valence electrons. The van der Waals surface area contributed by atoms with Gasteiger partial charge < -0.3 is 15.2 Å². The zero-order valence-electron chi connectivity index (χ0n) is 12.7. The zero-order valence-corrected chi connectivity index (χ0v) is 12.7. The number of nitrogens with zero attached hydrogens (tertiary/aromatic N) is 2. The number of rotatable bonds is 6. The van der Waals surface area contributed by atoms with Crippen LogP contribution in [0.25, 0.3) is 5.69 Å². The molecule has 0 spiro atoms. The summed E-state index contributed by atoms with van der Waals surface area (Å²) in [5, 5.41) is 16.0. The van der Waals surface area contributed by atoms with Crippen LogP contribution < -0.4 is 10.1 Å². The predicted octanol–water partition coefficient (Wildman–Crippen LogP) is 1.48. The van der Waals surface area contributed by atoms with E-state index in [1.807, 2.05) is 12.1 Å². The van der Waals surface area contributed by atoms with E-state index in [1.54, 1.807) is 36.2 Å². The Labute approximate surface area is 132 Å². The van der Waals surface area contributed by atoms with Crippen molar-refractivity contribution in [3.05, 3.63) is 42.2 Å². The Morgan fingerprint density at radius 3 is 2.57 bits per heavy atom. The Bertz CT molecular complexity index is 732. The summed E-state index contributed by atoms with van der Waals surface area (Å²) in [6, 6.07) is 8.87. The highest BCUT2D eigenvalue weighted by atomic mass is 16.5. The number of methoxy groups -OCH3 is 1. The first-order valence-electron chi connectivity index (χ1n) is 7.26. The molecule has 0 radical (unpaired) electrons. The molecule has 0 bridgehead atoms. The van der Waals surface area contributed by atoms with E-state index < -0.39 is 11.4 Å². The summed E-state index contributed by atoms with van der Waals surface area (Å²) in [6.45, 7) is 0.135. The average Bonchev–Trinajstić information content (AvgIpc) is 3.21. The number of carboxylic acids is 1. The second kappa shape index (κ2) is 5.75. The highest BCUT2D eigenvalue weighted by Crippen LogP contribution is 2.45. The number of hydrogen-bond donors (Lipinski definition) is 2. The van der Waals surface area contributed by atoms with Gasteiger partial charge in [0.2, 0.25) is 0 Å². The van der Waals surface area contributed by atoms with Crippen LogP contribution in [0.5, 0.6) is 5.75 Å². The van der Waals surface area contributed by atoms with Crippen LogP contribution in [0.1, 0.15) is 23.3 Å². The smallest absolute Gasteiger partial charge is 0.311 e. The van der Waals surface area contributed by atoms with Crippen LogP contribution in [0, 0.1) is 5.41 Å². The fourth-order valence-corrected chi connectivity index (χ4v) is 2.28. The molecule has 2 N–H and O–H groups in total. The van der Waals surface area contributed by atoms with E-state index in [4.69, 9.17) is 9.84 Å². The third-order valence-corrected chi connectivity index (χ3v) is 4.05. The third kappa shape index (κ3) is 3.03. The van der Waals surface area contributed by atoms with Gasteiger partial charge in [0.05, 0.1) is 18.2 Å². The minimum absolute atomic E-state index is 0.135. The molecule has 1 saturated carbocycles. The van der Waals surface area contributed by atoms with Gasteiger partial charge in [-0.3, -0.25) is 9.59 Å². The molecule has 7 heteroatoms. The van der Waals surface area contributed by atoms with Gasteiger partial charge in [-0.1, -0.05) is 0 Å². The maximum absolute atomic E-state index is 12.1. The summed E-state index contributed by atoms with van der Waals surface area (Å²) in [6.07, 6.45) is 2.88. The molecule has 0 aliphatic heterocycles. The van der Waals surface area contributed by atoms with Gasteiger partial charge in [-0.05, 0) is 43.2 Å². The van der Waals surface area contributed by atoms with Crippen LogP contribution in [0.3, 0.4) is 0 Å². The summed E-state index contributed by atoms with van der Waals surface area (Å²) >= 11 is 0. The Morgan fingerprint density at radius 1 is 1.30 bits per heavy atom. The number of benzene rings is 1. The molecule has 1 aromatic heterocycles. The summed E-state index contributed by atoms with van der Waals surface area (Å²) in [5.74, 6) is -0.492. The Kier molecular flexibility index (Phi) is 3.77. The highest BCUT2D eigenvalue weighted by Gasteiger charge is 2.50. The van der Waals surface area contributed by atoms with E-state index in [9.17, 15) is 9.59 Å². The third-order valence-electron chi connectivity index (χ3n) is 4.05. The average molecular weight is 315 g/mol. The van der Waals surface area contributed by atoms with Gasteiger partial charge in [0, 0.05) is 12.7 Å². The van der Waals surface area contributed by atoms with Crippen LogP contribution in [-0.2, 0) is 4.79 Å².